The molecule has 0 saturated carbocycles. The zero-order valence-corrected chi connectivity index (χ0v) is 20.8. The van der Waals surface area contributed by atoms with Crippen LogP contribution in [-0.2, 0) is 0 Å². The number of amides is 1. The molecule has 0 fully saturated rings. The topological polar surface area (TPSA) is 45.7 Å². The van der Waals surface area contributed by atoms with E-state index in [0.717, 1.165) is 53.3 Å². The molecule has 0 saturated heterocycles. The van der Waals surface area contributed by atoms with Gasteiger partial charge < -0.3 is 9.64 Å². The number of aryl methyl sites for hydroxylation is 2. The zero-order chi connectivity index (χ0) is 23.1. The number of hydrogen-bond acceptors (Lipinski definition) is 5. The van der Waals surface area contributed by atoms with Crippen molar-refractivity contribution < 1.29 is 9.53 Å². The molecule has 3 rings (SSSR count). The lowest BCUT2D eigenvalue weighted by atomic mass is 10.1. The molecule has 0 N–H and O–H groups in total. The summed E-state index contributed by atoms with van der Waals surface area (Å²) >= 11 is 1.58. The van der Waals surface area contributed by atoms with E-state index in [2.05, 4.69) is 51.9 Å². The minimum atomic E-state index is -0.0322. The summed E-state index contributed by atoms with van der Waals surface area (Å²) in [5.41, 5.74) is 4.04. The Labute approximate surface area is 196 Å². The third kappa shape index (κ3) is 6.30. The highest BCUT2D eigenvalue weighted by molar-refractivity contribution is 7.22. The number of fused-ring (bicyclic) bond motifs is 1. The van der Waals surface area contributed by atoms with Crippen LogP contribution in [0.4, 0.5) is 5.13 Å². The first-order valence-corrected chi connectivity index (χ1v) is 12.3. The molecule has 2 aromatic carbocycles. The van der Waals surface area contributed by atoms with Crippen molar-refractivity contribution >= 4 is 32.6 Å². The number of benzene rings is 2. The van der Waals surface area contributed by atoms with Gasteiger partial charge in [0.15, 0.2) is 5.13 Å². The molecule has 5 nitrogen and oxygen atoms in total. The maximum Gasteiger partial charge on any atom is 0.260 e. The maximum absolute atomic E-state index is 13.6. The van der Waals surface area contributed by atoms with E-state index in [-0.39, 0.29) is 5.91 Å². The van der Waals surface area contributed by atoms with Gasteiger partial charge in [-0.05, 0) is 88.8 Å². The van der Waals surface area contributed by atoms with Crippen LogP contribution in [-0.4, -0.2) is 49.6 Å². The molecule has 172 valence electrons. The van der Waals surface area contributed by atoms with Crippen LogP contribution in [0.25, 0.3) is 10.2 Å². The lowest BCUT2D eigenvalue weighted by Gasteiger charge is -2.21. The quantitative estimate of drug-likeness (QED) is 0.330. The summed E-state index contributed by atoms with van der Waals surface area (Å²) in [7, 11) is 4.10. The first-order chi connectivity index (χ1) is 15.4. The van der Waals surface area contributed by atoms with Crippen LogP contribution in [0, 0.1) is 13.8 Å². The second-order valence-corrected chi connectivity index (χ2v) is 9.61. The van der Waals surface area contributed by atoms with Gasteiger partial charge in [0.2, 0.25) is 0 Å². The van der Waals surface area contributed by atoms with Crippen molar-refractivity contribution in [1.82, 2.24) is 9.88 Å². The van der Waals surface area contributed by atoms with Crippen LogP contribution in [0.5, 0.6) is 5.75 Å². The van der Waals surface area contributed by atoms with Gasteiger partial charge in [0, 0.05) is 12.1 Å². The van der Waals surface area contributed by atoms with Gasteiger partial charge in [0.25, 0.3) is 5.91 Å². The van der Waals surface area contributed by atoms with Crippen molar-refractivity contribution in [3.05, 3.63) is 53.1 Å². The van der Waals surface area contributed by atoms with E-state index >= 15 is 0 Å². The Balaban J connectivity index is 1.86. The number of carbonyl (C=O) groups excluding carboxylic acids is 1. The SMILES string of the molecule is CCCCCOc1cccc(C(=O)N(CCCN(C)C)c2nc3cc(C)c(C)cc3s2)c1. The van der Waals surface area contributed by atoms with Crippen molar-refractivity contribution in [3.8, 4) is 5.75 Å². The highest BCUT2D eigenvalue weighted by Gasteiger charge is 2.22. The number of hydrogen-bond donors (Lipinski definition) is 0. The molecule has 0 radical (unpaired) electrons. The summed E-state index contributed by atoms with van der Waals surface area (Å²) in [6.45, 7) is 8.59. The normalized spacial score (nSPS) is 11.3. The molecule has 0 aliphatic heterocycles. The molecule has 1 aromatic heterocycles. The average molecular weight is 454 g/mol. The number of carbonyl (C=O) groups is 1. The molecule has 0 bridgehead atoms. The number of aromatic nitrogens is 1. The van der Waals surface area contributed by atoms with Crippen molar-refractivity contribution in [1.29, 1.82) is 0 Å². The molecule has 32 heavy (non-hydrogen) atoms. The maximum atomic E-state index is 13.6. The van der Waals surface area contributed by atoms with E-state index in [1.54, 1.807) is 11.3 Å². The monoisotopic (exact) mass is 453 g/mol. The third-order valence-electron chi connectivity index (χ3n) is 5.55. The van der Waals surface area contributed by atoms with E-state index in [4.69, 9.17) is 9.72 Å². The molecule has 0 aliphatic rings. The molecular weight excluding hydrogens is 418 g/mol. The molecule has 0 atom stereocenters. The minimum absolute atomic E-state index is 0.0322. The van der Waals surface area contributed by atoms with Crippen molar-refractivity contribution in [3.63, 3.8) is 0 Å². The third-order valence-corrected chi connectivity index (χ3v) is 6.59. The summed E-state index contributed by atoms with van der Waals surface area (Å²) in [4.78, 5) is 22.4. The first kappa shape index (κ1) is 24.2. The van der Waals surface area contributed by atoms with E-state index in [1.807, 2.05) is 29.2 Å². The van der Waals surface area contributed by atoms with Gasteiger partial charge in [-0.2, -0.15) is 0 Å². The molecule has 0 unspecified atom stereocenters. The number of rotatable bonds is 11. The Morgan fingerprint density at radius 3 is 2.56 bits per heavy atom. The van der Waals surface area contributed by atoms with Crippen molar-refractivity contribution in [2.75, 3.05) is 38.7 Å². The van der Waals surface area contributed by atoms with E-state index in [0.29, 0.717) is 18.7 Å². The molecule has 3 aromatic rings. The number of ether oxygens (including phenoxy) is 1. The molecule has 0 spiro atoms. The molecular formula is C26H35N3O2S. The lowest BCUT2D eigenvalue weighted by molar-refractivity contribution is 0.0985. The highest BCUT2D eigenvalue weighted by Crippen LogP contribution is 2.32. The summed E-state index contributed by atoms with van der Waals surface area (Å²) in [5, 5.41) is 0.753. The largest absolute Gasteiger partial charge is 0.494 e. The number of unbranched alkanes of at least 4 members (excludes halogenated alkanes) is 2. The molecule has 0 aliphatic carbocycles. The fourth-order valence-corrected chi connectivity index (χ4v) is 4.60. The summed E-state index contributed by atoms with van der Waals surface area (Å²) in [6, 6.07) is 11.8. The van der Waals surface area contributed by atoms with E-state index in [1.165, 1.54) is 11.1 Å². The standard InChI is InChI=1S/C26H35N3O2S/c1-6-7-8-15-31-22-12-9-11-21(18-22)25(30)29(14-10-13-28(4)5)26-27-23-16-19(2)20(3)17-24(23)32-26/h9,11-12,16-18H,6-8,10,13-15H2,1-5H3. The molecule has 1 heterocycles. The van der Waals surface area contributed by atoms with Crippen LogP contribution < -0.4 is 9.64 Å². The second-order valence-electron chi connectivity index (χ2n) is 8.60. The summed E-state index contributed by atoms with van der Waals surface area (Å²) < 4.78 is 6.99. The number of anilines is 1. The van der Waals surface area contributed by atoms with Crippen molar-refractivity contribution in [2.24, 2.45) is 0 Å². The second kappa shape index (κ2) is 11.4. The Morgan fingerprint density at radius 1 is 1.03 bits per heavy atom. The van der Waals surface area contributed by atoms with E-state index in [9.17, 15) is 4.79 Å². The predicted octanol–water partition coefficient (Wildman–Crippen LogP) is 6.08. The summed E-state index contributed by atoms with van der Waals surface area (Å²) in [6.07, 6.45) is 4.20. The zero-order valence-electron chi connectivity index (χ0n) is 20.0. The molecule has 6 heteroatoms. The Bertz CT molecular complexity index is 1010. The fraction of sp³-hybridized carbons (Fsp3) is 0.462. The Kier molecular flexibility index (Phi) is 8.65. The lowest BCUT2D eigenvalue weighted by Crippen LogP contribution is -2.33. The van der Waals surface area contributed by atoms with Gasteiger partial charge in [-0.1, -0.05) is 37.2 Å². The minimum Gasteiger partial charge on any atom is -0.494 e. The first-order valence-electron chi connectivity index (χ1n) is 11.5. The van der Waals surface area contributed by atoms with Gasteiger partial charge in [-0.3, -0.25) is 9.69 Å². The number of nitrogens with zero attached hydrogens (tertiary/aromatic N) is 3. The Morgan fingerprint density at radius 2 is 1.81 bits per heavy atom. The fourth-order valence-electron chi connectivity index (χ4n) is 3.53. The van der Waals surface area contributed by atoms with E-state index < -0.39 is 0 Å². The molecule has 1 amide bonds. The van der Waals surface area contributed by atoms with Gasteiger partial charge >= 0.3 is 0 Å². The van der Waals surface area contributed by atoms with Crippen LogP contribution in [0.1, 0.15) is 54.1 Å². The van der Waals surface area contributed by atoms with Gasteiger partial charge in [0.05, 0.1) is 16.8 Å². The highest BCUT2D eigenvalue weighted by atomic mass is 32.1. The van der Waals surface area contributed by atoms with Crippen LogP contribution in [0.15, 0.2) is 36.4 Å². The number of thiazole rings is 1. The van der Waals surface area contributed by atoms with Crippen molar-refractivity contribution in [2.45, 2.75) is 46.5 Å². The average Bonchev–Trinajstić information content (AvgIpc) is 3.16. The van der Waals surface area contributed by atoms with Crippen LogP contribution >= 0.6 is 11.3 Å². The van der Waals surface area contributed by atoms with Crippen LogP contribution in [0.2, 0.25) is 0 Å². The van der Waals surface area contributed by atoms with Gasteiger partial charge in [-0.25, -0.2) is 4.98 Å². The summed E-state index contributed by atoms with van der Waals surface area (Å²) in [5.74, 6) is 0.714. The smallest absolute Gasteiger partial charge is 0.260 e. The van der Waals surface area contributed by atoms with Gasteiger partial charge in [-0.15, -0.1) is 0 Å². The van der Waals surface area contributed by atoms with Crippen LogP contribution in [0.3, 0.4) is 0 Å². The van der Waals surface area contributed by atoms with Gasteiger partial charge in [0.1, 0.15) is 5.75 Å². The predicted molar refractivity (Wildman–Crippen MR) is 135 cm³/mol. The Hall–Kier alpha value is -2.44.